The van der Waals surface area contributed by atoms with Crippen LogP contribution in [-0.2, 0) is 11.3 Å². The van der Waals surface area contributed by atoms with Crippen molar-refractivity contribution in [3.63, 3.8) is 0 Å². The van der Waals surface area contributed by atoms with E-state index in [4.69, 9.17) is 16.7 Å². The number of nitrogens with one attached hydrogen (secondary N) is 2. The van der Waals surface area contributed by atoms with Crippen molar-refractivity contribution in [2.75, 3.05) is 0 Å². The van der Waals surface area contributed by atoms with Gasteiger partial charge < -0.3 is 15.7 Å². The van der Waals surface area contributed by atoms with Gasteiger partial charge in [-0.3, -0.25) is 0 Å². The predicted octanol–water partition coefficient (Wildman–Crippen LogP) is 2.53. The lowest BCUT2D eigenvalue weighted by Gasteiger charge is -2.14. The molecule has 20 heavy (non-hydrogen) atoms. The summed E-state index contributed by atoms with van der Waals surface area (Å²) >= 11 is 5.62. The SMILES string of the molecule is CCCC(NC(=O)NCc1cccc(Cl)c1F)C(=O)O. The minimum absolute atomic E-state index is 0.0286. The van der Waals surface area contributed by atoms with Gasteiger partial charge in [-0.1, -0.05) is 37.1 Å². The number of halogens is 2. The number of benzene rings is 1. The van der Waals surface area contributed by atoms with Gasteiger partial charge in [-0.05, 0) is 12.5 Å². The molecule has 0 saturated heterocycles. The van der Waals surface area contributed by atoms with Gasteiger partial charge in [-0.25, -0.2) is 14.0 Å². The minimum Gasteiger partial charge on any atom is -0.480 e. The summed E-state index contributed by atoms with van der Waals surface area (Å²) in [4.78, 5) is 22.4. The van der Waals surface area contributed by atoms with Crippen molar-refractivity contribution >= 4 is 23.6 Å². The monoisotopic (exact) mass is 302 g/mol. The topological polar surface area (TPSA) is 78.4 Å². The van der Waals surface area contributed by atoms with Crippen molar-refractivity contribution < 1.29 is 19.1 Å². The van der Waals surface area contributed by atoms with Crippen molar-refractivity contribution in [1.82, 2.24) is 10.6 Å². The van der Waals surface area contributed by atoms with Crippen molar-refractivity contribution in [2.45, 2.75) is 32.4 Å². The Morgan fingerprint density at radius 3 is 2.75 bits per heavy atom. The van der Waals surface area contributed by atoms with Crippen LogP contribution < -0.4 is 10.6 Å². The van der Waals surface area contributed by atoms with Crippen molar-refractivity contribution in [1.29, 1.82) is 0 Å². The molecule has 0 fully saturated rings. The first-order valence-corrected chi connectivity index (χ1v) is 6.53. The number of hydrogen-bond acceptors (Lipinski definition) is 2. The van der Waals surface area contributed by atoms with E-state index in [0.717, 1.165) is 0 Å². The molecule has 0 saturated carbocycles. The molecule has 0 aliphatic carbocycles. The molecule has 0 bridgehead atoms. The van der Waals surface area contributed by atoms with Crippen LogP contribution in [0.5, 0.6) is 0 Å². The fraction of sp³-hybridized carbons (Fsp3) is 0.385. The molecule has 0 aromatic heterocycles. The minimum atomic E-state index is -1.10. The number of amides is 2. The average Bonchev–Trinajstić information content (AvgIpc) is 2.40. The number of aliphatic carboxylic acids is 1. The first kappa shape index (κ1) is 16.2. The van der Waals surface area contributed by atoms with E-state index in [1.807, 2.05) is 6.92 Å². The van der Waals surface area contributed by atoms with Gasteiger partial charge in [0.2, 0.25) is 0 Å². The van der Waals surface area contributed by atoms with Crippen LogP contribution >= 0.6 is 11.6 Å². The van der Waals surface area contributed by atoms with Gasteiger partial charge in [0.05, 0.1) is 5.02 Å². The van der Waals surface area contributed by atoms with Crippen molar-refractivity contribution in [2.24, 2.45) is 0 Å². The summed E-state index contributed by atoms with van der Waals surface area (Å²) < 4.78 is 13.6. The zero-order valence-corrected chi connectivity index (χ0v) is 11.7. The molecule has 0 aliphatic rings. The highest BCUT2D eigenvalue weighted by molar-refractivity contribution is 6.30. The molecule has 1 aromatic carbocycles. The van der Waals surface area contributed by atoms with Crippen LogP contribution in [0.25, 0.3) is 0 Å². The van der Waals surface area contributed by atoms with E-state index < -0.39 is 23.9 Å². The number of carboxylic acids is 1. The van der Waals surface area contributed by atoms with E-state index in [9.17, 15) is 14.0 Å². The van der Waals surface area contributed by atoms with Crippen LogP contribution in [0.1, 0.15) is 25.3 Å². The standard InChI is InChI=1S/C13H16ClFN2O3/c1-2-4-10(12(18)19)17-13(20)16-7-8-5-3-6-9(14)11(8)15/h3,5-6,10H,2,4,7H2,1H3,(H,18,19)(H2,16,17,20). The normalized spacial score (nSPS) is 11.8. The molecular formula is C13H16ClFN2O3. The second-order valence-corrected chi connectivity index (χ2v) is 4.63. The van der Waals surface area contributed by atoms with Crippen molar-refractivity contribution in [3.8, 4) is 0 Å². The maximum Gasteiger partial charge on any atom is 0.326 e. The van der Waals surface area contributed by atoms with Crippen LogP contribution in [0, 0.1) is 5.82 Å². The van der Waals surface area contributed by atoms with E-state index >= 15 is 0 Å². The van der Waals surface area contributed by atoms with Crippen LogP contribution in [0.4, 0.5) is 9.18 Å². The van der Waals surface area contributed by atoms with E-state index in [0.29, 0.717) is 12.8 Å². The molecule has 0 radical (unpaired) electrons. The molecule has 2 amide bonds. The molecule has 110 valence electrons. The van der Waals surface area contributed by atoms with Crippen LogP contribution in [0.2, 0.25) is 5.02 Å². The van der Waals surface area contributed by atoms with Crippen LogP contribution in [0.3, 0.4) is 0 Å². The summed E-state index contributed by atoms with van der Waals surface area (Å²) in [5, 5.41) is 13.6. The maximum atomic E-state index is 13.6. The number of hydrogen-bond donors (Lipinski definition) is 3. The smallest absolute Gasteiger partial charge is 0.326 e. The van der Waals surface area contributed by atoms with Crippen molar-refractivity contribution in [3.05, 3.63) is 34.6 Å². The molecule has 1 unspecified atom stereocenters. The lowest BCUT2D eigenvalue weighted by atomic mass is 10.2. The highest BCUT2D eigenvalue weighted by atomic mass is 35.5. The molecule has 5 nitrogen and oxygen atoms in total. The Morgan fingerprint density at radius 2 is 2.15 bits per heavy atom. The van der Waals surface area contributed by atoms with Gasteiger partial charge in [0.25, 0.3) is 0 Å². The van der Waals surface area contributed by atoms with E-state index in [1.165, 1.54) is 12.1 Å². The maximum absolute atomic E-state index is 13.6. The van der Waals surface area contributed by atoms with E-state index in [1.54, 1.807) is 6.07 Å². The molecule has 1 rings (SSSR count). The zero-order chi connectivity index (χ0) is 15.1. The van der Waals surface area contributed by atoms with Gasteiger partial charge in [0, 0.05) is 12.1 Å². The van der Waals surface area contributed by atoms with Gasteiger partial charge in [0.1, 0.15) is 11.9 Å². The quantitative estimate of drug-likeness (QED) is 0.755. The summed E-state index contributed by atoms with van der Waals surface area (Å²) in [6.07, 6.45) is 0.953. The Hall–Kier alpha value is -1.82. The molecule has 3 N–H and O–H groups in total. The molecule has 1 atom stereocenters. The number of urea groups is 1. The van der Waals surface area contributed by atoms with Gasteiger partial charge >= 0.3 is 12.0 Å². The Balaban J connectivity index is 2.54. The van der Waals surface area contributed by atoms with Crippen LogP contribution in [0.15, 0.2) is 18.2 Å². The Morgan fingerprint density at radius 1 is 1.45 bits per heavy atom. The largest absolute Gasteiger partial charge is 0.480 e. The second-order valence-electron chi connectivity index (χ2n) is 4.22. The van der Waals surface area contributed by atoms with Gasteiger partial charge in [-0.2, -0.15) is 0 Å². The Kier molecular flexibility index (Phi) is 6.24. The molecule has 0 aliphatic heterocycles. The Bertz CT molecular complexity index is 497. The highest BCUT2D eigenvalue weighted by Gasteiger charge is 2.18. The summed E-state index contributed by atoms with van der Waals surface area (Å²) in [7, 11) is 0. The second kappa shape index (κ2) is 7.69. The Labute approximate surface area is 121 Å². The van der Waals surface area contributed by atoms with E-state index in [-0.39, 0.29) is 17.1 Å². The molecule has 0 spiro atoms. The van der Waals surface area contributed by atoms with E-state index in [2.05, 4.69) is 10.6 Å². The third-order valence-electron chi connectivity index (χ3n) is 2.65. The number of carbonyl (C=O) groups excluding carboxylic acids is 1. The highest BCUT2D eigenvalue weighted by Crippen LogP contribution is 2.17. The van der Waals surface area contributed by atoms with Crippen LogP contribution in [-0.4, -0.2) is 23.1 Å². The van der Waals surface area contributed by atoms with Gasteiger partial charge in [0.15, 0.2) is 0 Å². The lowest BCUT2D eigenvalue weighted by molar-refractivity contribution is -0.139. The number of carbonyl (C=O) groups is 2. The summed E-state index contributed by atoms with van der Waals surface area (Å²) in [5.74, 6) is -1.70. The fourth-order valence-electron chi connectivity index (χ4n) is 1.62. The number of rotatable bonds is 6. The molecular weight excluding hydrogens is 287 g/mol. The average molecular weight is 303 g/mol. The summed E-state index contributed by atoms with van der Waals surface area (Å²) in [6.45, 7) is 1.74. The predicted molar refractivity (Wildman–Crippen MR) is 73.1 cm³/mol. The first-order chi connectivity index (χ1) is 9.45. The molecule has 0 heterocycles. The zero-order valence-electron chi connectivity index (χ0n) is 11.0. The molecule has 1 aromatic rings. The third kappa shape index (κ3) is 4.70. The lowest BCUT2D eigenvalue weighted by Crippen LogP contribution is -2.45. The fourth-order valence-corrected chi connectivity index (χ4v) is 1.81. The summed E-state index contributed by atoms with van der Waals surface area (Å²) in [6, 6.07) is 2.84. The first-order valence-electron chi connectivity index (χ1n) is 6.15. The van der Waals surface area contributed by atoms with Gasteiger partial charge in [-0.15, -0.1) is 0 Å². The summed E-state index contributed by atoms with van der Waals surface area (Å²) in [5.41, 5.74) is 0.231. The number of carboxylic acid groups (broad SMARTS) is 1. The third-order valence-corrected chi connectivity index (χ3v) is 2.94. The molecule has 7 heteroatoms.